The molecule has 1 atom stereocenters. The van der Waals surface area contributed by atoms with E-state index in [4.69, 9.17) is 0 Å². The Morgan fingerprint density at radius 2 is 1.82 bits per heavy atom. The van der Waals surface area contributed by atoms with Crippen LogP contribution in [-0.4, -0.2) is 19.0 Å². The summed E-state index contributed by atoms with van der Waals surface area (Å²) in [5, 5.41) is 3.02. The van der Waals surface area contributed by atoms with Crippen LogP contribution in [0.5, 0.6) is 0 Å². The smallest absolute Gasteiger partial charge is 0.230 e. The Morgan fingerprint density at radius 3 is 2.64 bits per heavy atom. The van der Waals surface area contributed by atoms with Gasteiger partial charge >= 0.3 is 0 Å². The molecule has 0 saturated carbocycles. The maximum Gasteiger partial charge on any atom is 0.230 e. The highest BCUT2D eigenvalue weighted by Gasteiger charge is 2.19. The Hall–Kier alpha value is -2.13. The topological polar surface area (TPSA) is 33.5 Å². The maximum absolute atomic E-state index is 12.1. The first-order chi connectivity index (χ1) is 10.7. The van der Waals surface area contributed by atoms with E-state index in [0.29, 0.717) is 6.42 Å². The van der Waals surface area contributed by atoms with E-state index in [1.54, 1.807) is 0 Å². The lowest BCUT2D eigenvalue weighted by Gasteiger charge is -2.25. The molecule has 114 valence electrons. The summed E-state index contributed by atoms with van der Waals surface area (Å²) in [6, 6.07) is 16.6. The van der Waals surface area contributed by atoms with Gasteiger partial charge in [-0.05, 0) is 24.1 Å². The van der Waals surface area contributed by atoms with Gasteiger partial charge in [-0.3, -0.25) is 4.79 Å². The SMILES string of the molecule is Cc1ccccc1NC(=O)CC[NH+]1CCc2ccccc2C1. The zero-order valence-corrected chi connectivity index (χ0v) is 13.1. The molecule has 0 spiro atoms. The Kier molecular flexibility index (Phi) is 4.54. The van der Waals surface area contributed by atoms with Crippen LogP contribution in [0.2, 0.25) is 0 Å². The third-order valence-electron chi connectivity index (χ3n) is 4.43. The minimum Gasteiger partial charge on any atom is -0.330 e. The van der Waals surface area contributed by atoms with Crippen molar-refractivity contribution in [2.45, 2.75) is 26.3 Å². The van der Waals surface area contributed by atoms with E-state index in [1.165, 1.54) is 16.0 Å². The van der Waals surface area contributed by atoms with Crippen LogP contribution in [0.1, 0.15) is 23.1 Å². The number of fused-ring (bicyclic) bond motifs is 1. The van der Waals surface area contributed by atoms with Crippen LogP contribution in [0.3, 0.4) is 0 Å². The molecule has 0 fully saturated rings. The number of para-hydroxylation sites is 1. The van der Waals surface area contributed by atoms with E-state index < -0.39 is 0 Å². The van der Waals surface area contributed by atoms with Gasteiger partial charge < -0.3 is 10.2 Å². The molecule has 2 aromatic carbocycles. The van der Waals surface area contributed by atoms with E-state index in [-0.39, 0.29) is 5.91 Å². The van der Waals surface area contributed by atoms with Crippen LogP contribution in [0.15, 0.2) is 48.5 Å². The average Bonchev–Trinajstić information content (AvgIpc) is 2.55. The molecule has 22 heavy (non-hydrogen) atoms. The highest BCUT2D eigenvalue weighted by molar-refractivity contribution is 5.91. The number of anilines is 1. The van der Waals surface area contributed by atoms with E-state index in [0.717, 1.165) is 37.3 Å². The van der Waals surface area contributed by atoms with Crippen LogP contribution < -0.4 is 10.2 Å². The molecule has 1 amide bonds. The largest absolute Gasteiger partial charge is 0.330 e. The van der Waals surface area contributed by atoms with Crippen molar-refractivity contribution in [2.75, 3.05) is 18.4 Å². The van der Waals surface area contributed by atoms with Gasteiger partial charge in [-0.25, -0.2) is 0 Å². The second kappa shape index (κ2) is 6.75. The zero-order chi connectivity index (χ0) is 15.4. The van der Waals surface area contributed by atoms with Crippen molar-refractivity contribution in [1.82, 2.24) is 0 Å². The van der Waals surface area contributed by atoms with Gasteiger partial charge in [0.2, 0.25) is 5.91 Å². The molecule has 0 bridgehead atoms. The summed E-state index contributed by atoms with van der Waals surface area (Å²) in [5.41, 5.74) is 4.93. The number of carbonyl (C=O) groups excluding carboxylic acids is 1. The molecular formula is C19H23N2O+. The van der Waals surface area contributed by atoms with Gasteiger partial charge in [-0.1, -0.05) is 42.5 Å². The second-order valence-corrected chi connectivity index (χ2v) is 6.06. The molecule has 2 aromatic rings. The minimum atomic E-state index is 0.112. The molecule has 1 aliphatic heterocycles. The van der Waals surface area contributed by atoms with Crippen molar-refractivity contribution >= 4 is 11.6 Å². The Morgan fingerprint density at radius 1 is 1.09 bits per heavy atom. The molecule has 0 aliphatic carbocycles. The average molecular weight is 295 g/mol. The Balaban J connectivity index is 1.51. The van der Waals surface area contributed by atoms with Gasteiger partial charge in [0.15, 0.2) is 0 Å². The third-order valence-corrected chi connectivity index (χ3v) is 4.43. The fraction of sp³-hybridized carbons (Fsp3) is 0.316. The molecule has 3 heteroatoms. The summed E-state index contributed by atoms with van der Waals surface area (Å²) < 4.78 is 0. The Bertz CT molecular complexity index is 666. The third kappa shape index (κ3) is 3.55. The molecule has 0 saturated heterocycles. The van der Waals surface area contributed by atoms with E-state index in [9.17, 15) is 4.79 Å². The van der Waals surface area contributed by atoms with E-state index in [2.05, 4.69) is 29.6 Å². The molecule has 0 aromatic heterocycles. The van der Waals surface area contributed by atoms with Crippen LogP contribution in [0.4, 0.5) is 5.69 Å². The quantitative estimate of drug-likeness (QED) is 0.888. The summed E-state index contributed by atoms with van der Waals surface area (Å²) in [4.78, 5) is 13.6. The van der Waals surface area contributed by atoms with Crippen LogP contribution in [0.25, 0.3) is 0 Å². The predicted octanol–water partition coefficient (Wildman–Crippen LogP) is 1.96. The second-order valence-electron chi connectivity index (χ2n) is 6.06. The normalized spacial score (nSPS) is 16.9. The maximum atomic E-state index is 12.1. The summed E-state index contributed by atoms with van der Waals surface area (Å²) in [6.45, 7) is 5.07. The number of hydrogen-bond donors (Lipinski definition) is 2. The standard InChI is InChI=1S/C19H22N2O/c1-15-6-2-5-9-18(15)20-19(22)11-13-21-12-10-16-7-3-4-8-17(16)14-21/h2-9H,10-14H2,1H3,(H,20,22)/p+1. The number of carbonyl (C=O) groups is 1. The van der Waals surface area contributed by atoms with Crippen molar-refractivity contribution in [1.29, 1.82) is 0 Å². The lowest BCUT2D eigenvalue weighted by molar-refractivity contribution is -0.915. The van der Waals surface area contributed by atoms with Gasteiger partial charge in [-0.15, -0.1) is 0 Å². The van der Waals surface area contributed by atoms with Crippen molar-refractivity contribution in [3.8, 4) is 0 Å². The number of quaternary nitrogens is 1. The predicted molar refractivity (Wildman–Crippen MR) is 89.0 cm³/mol. The molecular weight excluding hydrogens is 272 g/mol. The molecule has 1 heterocycles. The number of amides is 1. The number of hydrogen-bond acceptors (Lipinski definition) is 1. The minimum absolute atomic E-state index is 0.112. The number of rotatable bonds is 4. The fourth-order valence-corrected chi connectivity index (χ4v) is 3.07. The van der Waals surface area contributed by atoms with Crippen LogP contribution in [0, 0.1) is 6.92 Å². The zero-order valence-electron chi connectivity index (χ0n) is 13.1. The highest BCUT2D eigenvalue weighted by Crippen LogP contribution is 2.13. The van der Waals surface area contributed by atoms with Crippen molar-refractivity contribution in [3.05, 3.63) is 65.2 Å². The lowest BCUT2D eigenvalue weighted by Crippen LogP contribution is -3.11. The van der Waals surface area contributed by atoms with Gasteiger partial charge in [-0.2, -0.15) is 0 Å². The number of nitrogens with one attached hydrogen (secondary N) is 2. The van der Waals surface area contributed by atoms with E-state index >= 15 is 0 Å². The monoisotopic (exact) mass is 295 g/mol. The van der Waals surface area contributed by atoms with Gasteiger partial charge in [0.25, 0.3) is 0 Å². The van der Waals surface area contributed by atoms with Crippen LogP contribution >= 0.6 is 0 Å². The highest BCUT2D eigenvalue weighted by atomic mass is 16.1. The first kappa shape index (κ1) is 14.8. The van der Waals surface area contributed by atoms with Crippen molar-refractivity contribution in [2.24, 2.45) is 0 Å². The molecule has 1 unspecified atom stereocenters. The van der Waals surface area contributed by atoms with Gasteiger partial charge in [0.1, 0.15) is 6.54 Å². The van der Waals surface area contributed by atoms with Gasteiger partial charge in [0, 0.05) is 17.7 Å². The summed E-state index contributed by atoms with van der Waals surface area (Å²) in [6.07, 6.45) is 1.69. The first-order valence-electron chi connectivity index (χ1n) is 7.98. The summed E-state index contributed by atoms with van der Waals surface area (Å²) in [7, 11) is 0. The van der Waals surface area contributed by atoms with Crippen LogP contribution in [-0.2, 0) is 17.8 Å². The fourth-order valence-electron chi connectivity index (χ4n) is 3.07. The van der Waals surface area contributed by atoms with Crippen molar-refractivity contribution in [3.63, 3.8) is 0 Å². The van der Waals surface area contributed by atoms with E-state index in [1.807, 2.05) is 31.2 Å². The Labute approximate surface area is 132 Å². The number of aryl methyl sites for hydroxylation is 1. The summed E-state index contributed by atoms with van der Waals surface area (Å²) >= 11 is 0. The number of benzene rings is 2. The molecule has 3 nitrogen and oxygen atoms in total. The molecule has 2 N–H and O–H groups in total. The van der Waals surface area contributed by atoms with Gasteiger partial charge in [0.05, 0.1) is 19.5 Å². The van der Waals surface area contributed by atoms with Crippen molar-refractivity contribution < 1.29 is 9.69 Å². The summed E-state index contributed by atoms with van der Waals surface area (Å²) in [5.74, 6) is 0.112. The molecule has 0 radical (unpaired) electrons. The lowest BCUT2D eigenvalue weighted by atomic mass is 10.00. The molecule has 3 rings (SSSR count). The molecule has 1 aliphatic rings. The first-order valence-corrected chi connectivity index (χ1v) is 7.98.